The Morgan fingerprint density at radius 3 is 2.85 bits per heavy atom. The predicted octanol–water partition coefficient (Wildman–Crippen LogP) is 3.06. The van der Waals surface area contributed by atoms with E-state index in [4.69, 9.17) is 0 Å². The molecule has 1 aliphatic heterocycles. The van der Waals surface area contributed by atoms with Crippen LogP contribution in [0.3, 0.4) is 0 Å². The van der Waals surface area contributed by atoms with E-state index in [1.807, 2.05) is 7.05 Å². The standard InChI is InChI=1S/C21H33N5/c1-4-12-26-13-9-18(10-14-26)25-21(22-3)23-11-8-17-15-24-20-16(2)6-5-7-19(17)20/h5-7,15,18,24H,4,8-14H2,1-3H3,(H2,22,23,25). The van der Waals surface area contributed by atoms with Crippen LogP contribution in [0.15, 0.2) is 29.4 Å². The molecule has 2 heterocycles. The van der Waals surface area contributed by atoms with Crippen LogP contribution in [0.25, 0.3) is 10.9 Å². The van der Waals surface area contributed by atoms with Crippen molar-refractivity contribution in [2.45, 2.75) is 45.6 Å². The largest absolute Gasteiger partial charge is 0.361 e. The van der Waals surface area contributed by atoms with Crippen LogP contribution < -0.4 is 10.6 Å². The van der Waals surface area contributed by atoms with Gasteiger partial charge in [0.15, 0.2) is 5.96 Å². The molecule has 0 unspecified atom stereocenters. The Labute approximate surface area is 157 Å². The van der Waals surface area contributed by atoms with E-state index < -0.39 is 0 Å². The van der Waals surface area contributed by atoms with E-state index in [-0.39, 0.29) is 0 Å². The molecule has 0 bridgehead atoms. The second-order valence-corrected chi connectivity index (χ2v) is 7.32. The van der Waals surface area contributed by atoms with Crippen LogP contribution in [-0.2, 0) is 6.42 Å². The van der Waals surface area contributed by atoms with Gasteiger partial charge < -0.3 is 20.5 Å². The number of aryl methyl sites for hydroxylation is 1. The Hall–Kier alpha value is -2.01. The van der Waals surface area contributed by atoms with E-state index in [1.165, 1.54) is 60.9 Å². The summed E-state index contributed by atoms with van der Waals surface area (Å²) < 4.78 is 0. The molecule has 3 N–H and O–H groups in total. The lowest BCUT2D eigenvalue weighted by molar-refractivity contribution is 0.206. The zero-order valence-corrected chi connectivity index (χ0v) is 16.4. The minimum atomic E-state index is 0.532. The topological polar surface area (TPSA) is 55.4 Å². The molecule has 0 aliphatic carbocycles. The van der Waals surface area contributed by atoms with Crippen LogP contribution in [0.2, 0.25) is 0 Å². The average molecular weight is 356 g/mol. The molecule has 26 heavy (non-hydrogen) atoms. The number of likely N-dealkylation sites (tertiary alicyclic amines) is 1. The molecular weight excluding hydrogens is 322 g/mol. The summed E-state index contributed by atoms with van der Waals surface area (Å²) >= 11 is 0. The summed E-state index contributed by atoms with van der Waals surface area (Å²) in [7, 11) is 1.86. The van der Waals surface area contributed by atoms with E-state index in [0.717, 1.165) is 18.9 Å². The van der Waals surface area contributed by atoms with Crippen LogP contribution in [0.4, 0.5) is 0 Å². The van der Waals surface area contributed by atoms with E-state index >= 15 is 0 Å². The fourth-order valence-electron chi connectivity index (χ4n) is 3.89. The highest BCUT2D eigenvalue weighted by atomic mass is 15.2. The normalized spacial score (nSPS) is 17.0. The Morgan fingerprint density at radius 2 is 2.12 bits per heavy atom. The third kappa shape index (κ3) is 4.58. The monoisotopic (exact) mass is 355 g/mol. The van der Waals surface area contributed by atoms with Crippen molar-refractivity contribution in [3.05, 3.63) is 35.5 Å². The van der Waals surface area contributed by atoms with E-state index in [2.05, 4.69) is 63.8 Å². The molecule has 142 valence electrons. The molecule has 5 nitrogen and oxygen atoms in total. The molecule has 0 saturated carbocycles. The fraction of sp³-hybridized carbons (Fsp3) is 0.571. The molecule has 1 aliphatic rings. The number of aliphatic imine (C=N–C) groups is 1. The second kappa shape index (κ2) is 9.08. The van der Waals surface area contributed by atoms with Crippen LogP contribution in [0, 0.1) is 6.92 Å². The molecule has 0 atom stereocenters. The van der Waals surface area contributed by atoms with Gasteiger partial charge in [0.2, 0.25) is 0 Å². The minimum Gasteiger partial charge on any atom is -0.361 e. The molecule has 1 fully saturated rings. The lowest BCUT2D eigenvalue weighted by atomic mass is 10.1. The van der Waals surface area contributed by atoms with Crippen molar-refractivity contribution in [3.63, 3.8) is 0 Å². The SMILES string of the molecule is CCCN1CCC(NC(=NC)NCCc2c[nH]c3c(C)cccc23)CC1. The lowest BCUT2D eigenvalue weighted by Gasteiger charge is -2.32. The molecule has 0 spiro atoms. The van der Waals surface area contributed by atoms with Gasteiger partial charge >= 0.3 is 0 Å². The Bertz CT molecular complexity index is 725. The first-order valence-corrected chi connectivity index (χ1v) is 9.96. The van der Waals surface area contributed by atoms with Gasteiger partial charge in [0, 0.05) is 49.8 Å². The first kappa shape index (κ1) is 18.8. The van der Waals surface area contributed by atoms with Gasteiger partial charge in [-0.25, -0.2) is 0 Å². The molecule has 5 heteroatoms. The predicted molar refractivity (Wildman–Crippen MR) is 111 cm³/mol. The van der Waals surface area contributed by atoms with E-state index in [1.54, 1.807) is 0 Å². The summed E-state index contributed by atoms with van der Waals surface area (Å²) in [6.45, 7) is 8.90. The molecular formula is C21H33N5. The van der Waals surface area contributed by atoms with Gasteiger partial charge in [-0.3, -0.25) is 4.99 Å². The van der Waals surface area contributed by atoms with Crippen molar-refractivity contribution >= 4 is 16.9 Å². The number of benzene rings is 1. The number of piperidine rings is 1. The van der Waals surface area contributed by atoms with Crippen molar-refractivity contribution < 1.29 is 0 Å². The summed E-state index contributed by atoms with van der Waals surface area (Å²) in [6.07, 6.45) is 6.76. The maximum absolute atomic E-state index is 4.41. The van der Waals surface area contributed by atoms with Crippen molar-refractivity contribution in [1.82, 2.24) is 20.5 Å². The number of nitrogens with zero attached hydrogens (tertiary/aromatic N) is 2. The van der Waals surface area contributed by atoms with Gasteiger partial charge in [-0.1, -0.05) is 25.1 Å². The number of aromatic nitrogens is 1. The minimum absolute atomic E-state index is 0.532. The summed E-state index contributed by atoms with van der Waals surface area (Å²) in [5, 5.41) is 8.41. The summed E-state index contributed by atoms with van der Waals surface area (Å²) in [6, 6.07) is 7.02. The second-order valence-electron chi connectivity index (χ2n) is 7.32. The van der Waals surface area contributed by atoms with Gasteiger partial charge in [-0.05, 0) is 50.3 Å². The van der Waals surface area contributed by atoms with Gasteiger partial charge in [0.1, 0.15) is 0 Å². The average Bonchev–Trinajstić information content (AvgIpc) is 3.07. The molecule has 0 radical (unpaired) electrons. The van der Waals surface area contributed by atoms with Gasteiger partial charge in [0.25, 0.3) is 0 Å². The van der Waals surface area contributed by atoms with Gasteiger partial charge in [0.05, 0.1) is 0 Å². The maximum Gasteiger partial charge on any atom is 0.191 e. The number of rotatable bonds is 6. The van der Waals surface area contributed by atoms with Gasteiger partial charge in [-0.15, -0.1) is 0 Å². The quantitative estimate of drug-likeness (QED) is 0.551. The Balaban J connectivity index is 1.46. The smallest absolute Gasteiger partial charge is 0.191 e. The molecule has 1 aromatic heterocycles. The molecule has 1 saturated heterocycles. The highest BCUT2D eigenvalue weighted by Crippen LogP contribution is 2.21. The van der Waals surface area contributed by atoms with Crippen molar-refractivity contribution in [2.24, 2.45) is 4.99 Å². The zero-order valence-electron chi connectivity index (χ0n) is 16.4. The molecule has 3 rings (SSSR count). The molecule has 2 aromatic rings. The number of hydrogen-bond donors (Lipinski definition) is 3. The Kier molecular flexibility index (Phi) is 6.56. The summed E-state index contributed by atoms with van der Waals surface area (Å²) in [5.74, 6) is 0.926. The van der Waals surface area contributed by atoms with Crippen LogP contribution >= 0.6 is 0 Å². The Morgan fingerprint density at radius 1 is 1.31 bits per heavy atom. The summed E-state index contributed by atoms with van der Waals surface area (Å²) in [4.78, 5) is 10.4. The van der Waals surface area contributed by atoms with E-state index in [9.17, 15) is 0 Å². The number of H-pyrrole nitrogens is 1. The third-order valence-electron chi connectivity index (χ3n) is 5.39. The first-order valence-electron chi connectivity index (χ1n) is 9.96. The van der Waals surface area contributed by atoms with Crippen LogP contribution in [0.1, 0.15) is 37.3 Å². The van der Waals surface area contributed by atoms with Gasteiger partial charge in [-0.2, -0.15) is 0 Å². The number of aromatic amines is 1. The fourth-order valence-corrected chi connectivity index (χ4v) is 3.89. The van der Waals surface area contributed by atoms with Crippen LogP contribution in [-0.4, -0.2) is 55.1 Å². The number of guanidine groups is 1. The number of para-hydroxylation sites is 1. The first-order chi connectivity index (χ1) is 12.7. The third-order valence-corrected chi connectivity index (χ3v) is 5.39. The molecule has 0 amide bonds. The zero-order chi connectivity index (χ0) is 18.4. The highest BCUT2D eigenvalue weighted by Gasteiger charge is 2.19. The number of nitrogens with one attached hydrogen (secondary N) is 3. The highest BCUT2D eigenvalue weighted by molar-refractivity contribution is 5.86. The maximum atomic E-state index is 4.41. The number of hydrogen-bond acceptors (Lipinski definition) is 2. The lowest BCUT2D eigenvalue weighted by Crippen LogP contribution is -2.49. The van der Waals surface area contributed by atoms with Crippen molar-refractivity contribution in [1.29, 1.82) is 0 Å². The van der Waals surface area contributed by atoms with E-state index in [0.29, 0.717) is 6.04 Å². The van der Waals surface area contributed by atoms with Crippen molar-refractivity contribution in [3.8, 4) is 0 Å². The number of fused-ring (bicyclic) bond motifs is 1. The molecule has 1 aromatic carbocycles. The van der Waals surface area contributed by atoms with Crippen LogP contribution in [0.5, 0.6) is 0 Å². The van der Waals surface area contributed by atoms with Crippen molar-refractivity contribution in [2.75, 3.05) is 33.2 Å². The summed E-state index contributed by atoms with van der Waals surface area (Å²) in [5.41, 5.74) is 3.91.